The molecule has 1 aromatic rings. The van der Waals surface area contributed by atoms with Gasteiger partial charge in [-0.15, -0.1) is 0 Å². The lowest BCUT2D eigenvalue weighted by Gasteiger charge is -2.35. The van der Waals surface area contributed by atoms with E-state index in [0.717, 1.165) is 5.69 Å². The van der Waals surface area contributed by atoms with Crippen molar-refractivity contribution in [3.05, 3.63) is 11.4 Å². The Morgan fingerprint density at radius 1 is 1.43 bits per heavy atom. The SMILES string of the molecule is CCn1nc(C)c(N)c1C(=O)NCC1(SC)CCCCC1. The average molecular weight is 310 g/mol. The Morgan fingerprint density at radius 3 is 2.67 bits per heavy atom. The van der Waals surface area contributed by atoms with Crippen LogP contribution in [0.4, 0.5) is 5.69 Å². The van der Waals surface area contributed by atoms with Crippen molar-refractivity contribution >= 4 is 23.4 Å². The van der Waals surface area contributed by atoms with Crippen molar-refractivity contribution in [2.24, 2.45) is 0 Å². The van der Waals surface area contributed by atoms with Crippen molar-refractivity contribution in [1.82, 2.24) is 15.1 Å². The van der Waals surface area contributed by atoms with E-state index >= 15 is 0 Å². The van der Waals surface area contributed by atoms with Gasteiger partial charge in [-0.2, -0.15) is 16.9 Å². The van der Waals surface area contributed by atoms with Crippen LogP contribution in [-0.4, -0.2) is 33.2 Å². The van der Waals surface area contributed by atoms with E-state index in [1.165, 1.54) is 32.1 Å². The van der Waals surface area contributed by atoms with Crippen LogP contribution in [0.3, 0.4) is 0 Å². The molecule has 118 valence electrons. The Morgan fingerprint density at radius 2 is 2.10 bits per heavy atom. The van der Waals surface area contributed by atoms with Gasteiger partial charge in [-0.3, -0.25) is 9.48 Å². The van der Waals surface area contributed by atoms with Crippen LogP contribution in [0, 0.1) is 6.92 Å². The molecule has 5 nitrogen and oxygen atoms in total. The highest BCUT2D eigenvalue weighted by atomic mass is 32.2. The fraction of sp³-hybridized carbons (Fsp3) is 0.733. The third-order valence-corrected chi connectivity index (χ3v) is 5.88. The molecule has 1 aromatic heterocycles. The number of carbonyl (C=O) groups excluding carboxylic acids is 1. The second-order valence-corrected chi connectivity index (χ2v) is 7.07. The molecule has 3 N–H and O–H groups in total. The maximum atomic E-state index is 12.5. The monoisotopic (exact) mass is 310 g/mol. The maximum Gasteiger partial charge on any atom is 0.271 e. The molecular formula is C15H26N4OS. The summed E-state index contributed by atoms with van der Waals surface area (Å²) in [6, 6.07) is 0. The Balaban J connectivity index is 2.08. The third-order valence-electron chi connectivity index (χ3n) is 4.46. The number of rotatable bonds is 5. The van der Waals surface area contributed by atoms with Crippen LogP contribution < -0.4 is 11.1 Å². The van der Waals surface area contributed by atoms with Crippen LogP contribution in [0.15, 0.2) is 0 Å². The van der Waals surface area contributed by atoms with Crippen molar-refractivity contribution in [1.29, 1.82) is 0 Å². The molecule has 1 amide bonds. The van der Waals surface area contributed by atoms with E-state index in [-0.39, 0.29) is 10.7 Å². The summed E-state index contributed by atoms with van der Waals surface area (Å²) in [4.78, 5) is 12.5. The maximum absolute atomic E-state index is 12.5. The van der Waals surface area contributed by atoms with Crippen LogP contribution in [0.2, 0.25) is 0 Å². The van der Waals surface area contributed by atoms with Gasteiger partial charge in [0.15, 0.2) is 0 Å². The number of aromatic nitrogens is 2. The lowest BCUT2D eigenvalue weighted by Crippen LogP contribution is -2.42. The molecule has 0 radical (unpaired) electrons. The lowest BCUT2D eigenvalue weighted by molar-refractivity contribution is 0.0937. The number of thioether (sulfide) groups is 1. The number of hydrogen-bond donors (Lipinski definition) is 2. The topological polar surface area (TPSA) is 72.9 Å². The van der Waals surface area contributed by atoms with Crippen LogP contribution in [-0.2, 0) is 6.54 Å². The molecule has 2 rings (SSSR count). The largest absolute Gasteiger partial charge is 0.395 e. The molecule has 0 aromatic carbocycles. The summed E-state index contributed by atoms with van der Waals surface area (Å²) >= 11 is 1.88. The fourth-order valence-corrected chi connectivity index (χ4v) is 3.95. The number of nitrogens with zero attached hydrogens (tertiary/aromatic N) is 2. The Labute approximate surface area is 131 Å². The molecule has 1 saturated carbocycles. The van der Waals surface area contributed by atoms with Crippen molar-refractivity contribution in [2.45, 2.75) is 57.2 Å². The van der Waals surface area contributed by atoms with Gasteiger partial charge in [0.1, 0.15) is 5.69 Å². The van der Waals surface area contributed by atoms with Crippen molar-refractivity contribution in [3.8, 4) is 0 Å². The second-order valence-electron chi connectivity index (χ2n) is 5.79. The van der Waals surface area contributed by atoms with E-state index in [0.29, 0.717) is 24.5 Å². The van der Waals surface area contributed by atoms with Crippen molar-refractivity contribution in [2.75, 3.05) is 18.5 Å². The molecule has 0 atom stereocenters. The standard InChI is InChI=1S/C15H26N4OS/c1-4-19-13(12(16)11(2)18-19)14(20)17-10-15(21-3)8-6-5-7-9-15/h4-10,16H2,1-3H3,(H,17,20). The Hall–Kier alpha value is -1.17. The minimum atomic E-state index is -0.103. The quantitative estimate of drug-likeness (QED) is 0.877. The number of amides is 1. The van der Waals surface area contributed by atoms with Crippen molar-refractivity contribution < 1.29 is 4.79 Å². The number of carbonyl (C=O) groups is 1. The Bertz CT molecular complexity index is 506. The first-order chi connectivity index (χ1) is 10.0. The van der Waals surface area contributed by atoms with E-state index in [9.17, 15) is 4.79 Å². The third kappa shape index (κ3) is 3.36. The van der Waals surface area contributed by atoms with Gasteiger partial charge in [0, 0.05) is 17.8 Å². The number of aryl methyl sites for hydroxylation is 2. The molecule has 0 saturated heterocycles. The lowest BCUT2D eigenvalue weighted by atomic mass is 9.88. The predicted octanol–water partition coefficient (Wildman–Crippen LogP) is 2.59. The normalized spacial score (nSPS) is 17.7. The van der Waals surface area contributed by atoms with Gasteiger partial charge in [0.2, 0.25) is 0 Å². The van der Waals surface area contributed by atoms with Gasteiger partial charge in [0.25, 0.3) is 5.91 Å². The van der Waals surface area contributed by atoms with Crippen LogP contribution in [0.5, 0.6) is 0 Å². The van der Waals surface area contributed by atoms with E-state index in [2.05, 4.69) is 16.7 Å². The molecular weight excluding hydrogens is 284 g/mol. The van der Waals surface area contributed by atoms with Gasteiger partial charge in [0.05, 0.1) is 11.4 Å². The highest BCUT2D eigenvalue weighted by molar-refractivity contribution is 8.00. The minimum Gasteiger partial charge on any atom is -0.395 e. The summed E-state index contributed by atoms with van der Waals surface area (Å²) in [5.74, 6) is -0.103. The van der Waals surface area contributed by atoms with Gasteiger partial charge in [-0.05, 0) is 32.9 Å². The van der Waals surface area contributed by atoms with Crippen LogP contribution >= 0.6 is 11.8 Å². The molecule has 0 aliphatic heterocycles. The zero-order valence-corrected chi connectivity index (χ0v) is 14.1. The average Bonchev–Trinajstić information content (AvgIpc) is 2.81. The van der Waals surface area contributed by atoms with Gasteiger partial charge >= 0.3 is 0 Å². The summed E-state index contributed by atoms with van der Waals surface area (Å²) in [6.45, 7) is 5.16. The highest BCUT2D eigenvalue weighted by Gasteiger charge is 2.32. The van der Waals surface area contributed by atoms with E-state index < -0.39 is 0 Å². The van der Waals surface area contributed by atoms with Gasteiger partial charge in [-0.1, -0.05) is 19.3 Å². The van der Waals surface area contributed by atoms with E-state index in [4.69, 9.17) is 5.73 Å². The highest BCUT2D eigenvalue weighted by Crippen LogP contribution is 2.38. The fourth-order valence-electron chi connectivity index (χ4n) is 3.04. The summed E-state index contributed by atoms with van der Waals surface area (Å²) in [7, 11) is 0. The van der Waals surface area contributed by atoms with E-state index in [1.54, 1.807) is 4.68 Å². The zero-order valence-electron chi connectivity index (χ0n) is 13.2. The molecule has 0 bridgehead atoms. The number of hydrogen-bond acceptors (Lipinski definition) is 4. The van der Waals surface area contributed by atoms with Crippen LogP contribution in [0.25, 0.3) is 0 Å². The zero-order chi connectivity index (χ0) is 15.5. The van der Waals surface area contributed by atoms with Crippen LogP contribution in [0.1, 0.15) is 55.2 Å². The first kappa shape index (κ1) is 16.2. The number of anilines is 1. The van der Waals surface area contributed by atoms with Gasteiger partial charge < -0.3 is 11.1 Å². The first-order valence-corrected chi connectivity index (χ1v) is 8.91. The molecule has 1 aliphatic rings. The predicted molar refractivity (Wildman–Crippen MR) is 88.7 cm³/mol. The van der Waals surface area contributed by atoms with Crippen molar-refractivity contribution in [3.63, 3.8) is 0 Å². The molecule has 21 heavy (non-hydrogen) atoms. The number of nitrogens with two attached hydrogens (primary N) is 1. The minimum absolute atomic E-state index is 0.103. The molecule has 1 fully saturated rings. The number of nitrogen functional groups attached to an aromatic ring is 1. The summed E-state index contributed by atoms with van der Waals surface area (Å²) < 4.78 is 1.88. The summed E-state index contributed by atoms with van der Waals surface area (Å²) in [5.41, 5.74) is 7.72. The molecule has 6 heteroatoms. The smallest absolute Gasteiger partial charge is 0.271 e. The molecule has 1 heterocycles. The second kappa shape index (κ2) is 6.73. The molecule has 1 aliphatic carbocycles. The number of nitrogens with one attached hydrogen (secondary N) is 1. The first-order valence-electron chi connectivity index (χ1n) is 7.69. The van der Waals surface area contributed by atoms with E-state index in [1.807, 2.05) is 25.6 Å². The summed E-state index contributed by atoms with van der Waals surface area (Å²) in [6.07, 6.45) is 8.32. The van der Waals surface area contributed by atoms with Gasteiger partial charge in [-0.25, -0.2) is 0 Å². The summed E-state index contributed by atoms with van der Waals surface area (Å²) in [5, 5.41) is 7.40. The molecule has 0 unspecified atom stereocenters. The Kier molecular flexibility index (Phi) is 5.19. The molecule has 0 spiro atoms.